The lowest BCUT2D eigenvalue weighted by Crippen LogP contribution is -2.36. The van der Waals surface area contributed by atoms with E-state index in [1.54, 1.807) is 6.92 Å². The molecule has 1 saturated heterocycles. The minimum absolute atomic E-state index is 0.451. The van der Waals surface area contributed by atoms with Crippen molar-refractivity contribution in [2.75, 3.05) is 19.0 Å². The van der Waals surface area contributed by atoms with E-state index < -0.39 is 11.2 Å². The van der Waals surface area contributed by atoms with Crippen LogP contribution in [0.3, 0.4) is 0 Å². The average molecular weight is 178 g/mol. The maximum absolute atomic E-state index is 9.73. The lowest BCUT2D eigenvalue weighted by molar-refractivity contribution is -0.129. The summed E-state index contributed by atoms with van der Waals surface area (Å²) in [6.45, 7) is 4.89. The molecule has 0 aromatic heterocycles. The predicted octanol–water partition coefficient (Wildman–Crippen LogP) is 0.821. The van der Waals surface area contributed by atoms with Crippen LogP contribution in [-0.4, -0.2) is 35.3 Å². The Morgan fingerprint density at radius 1 is 1.55 bits per heavy atom. The average Bonchev–Trinajstić information content (AvgIpc) is 2.37. The highest BCUT2D eigenvalue weighted by atomic mass is 32.2. The second-order valence-corrected chi connectivity index (χ2v) is 4.25. The van der Waals surface area contributed by atoms with Gasteiger partial charge in [0.1, 0.15) is 0 Å². The molecule has 1 fully saturated rings. The minimum Gasteiger partial charge on any atom is -0.374 e. The largest absolute Gasteiger partial charge is 0.374 e. The first-order valence-corrected chi connectivity index (χ1v) is 4.75. The molecule has 0 aromatic rings. The van der Waals surface area contributed by atoms with E-state index in [0.717, 1.165) is 5.75 Å². The lowest BCUT2D eigenvalue weighted by Gasteiger charge is -2.26. The van der Waals surface area contributed by atoms with Gasteiger partial charge >= 0.3 is 0 Å². The van der Waals surface area contributed by atoms with Gasteiger partial charge in [-0.2, -0.15) is 0 Å². The van der Waals surface area contributed by atoms with Crippen LogP contribution in [0, 0.1) is 0 Å². The zero-order chi connectivity index (χ0) is 8.32. The zero-order valence-electron chi connectivity index (χ0n) is 6.87. The van der Waals surface area contributed by atoms with Crippen LogP contribution in [0.2, 0.25) is 0 Å². The topological polar surface area (TPSA) is 38.7 Å². The van der Waals surface area contributed by atoms with Gasteiger partial charge in [-0.15, -0.1) is 11.8 Å². The molecule has 0 radical (unpaired) electrons. The molecule has 0 aromatic carbocycles. The number of ether oxygens (including phenoxy) is 2. The third-order valence-electron chi connectivity index (χ3n) is 1.50. The highest BCUT2D eigenvalue weighted by Gasteiger charge is 2.36. The van der Waals surface area contributed by atoms with Gasteiger partial charge in [0.05, 0.1) is 13.2 Å². The molecule has 1 N–H and O–H groups in total. The van der Waals surface area contributed by atoms with Crippen LogP contribution < -0.4 is 0 Å². The maximum Gasteiger partial charge on any atom is 0.195 e. The third kappa shape index (κ3) is 2.33. The van der Waals surface area contributed by atoms with E-state index in [1.165, 1.54) is 11.8 Å². The Morgan fingerprint density at radius 3 is 2.55 bits per heavy atom. The summed E-state index contributed by atoms with van der Waals surface area (Å²) >= 11 is 1.44. The number of hydrogen-bond donors (Lipinski definition) is 1. The van der Waals surface area contributed by atoms with Crippen molar-refractivity contribution in [3.05, 3.63) is 0 Å². The highest BCUT2D eigenvalue weighted by molar-refractivity contribution is 8.00. The summed E-state index contributed by atoms with van der Waals surface area (Å²) in [7, 11) is 0. The molecule has 3 nitrogen and oxygen atoms in total. The van der Waals surface area contributed by atoms with E-state index in [-0.39, 0.29) is 0 Å². The van der Waals surface area contributed by atoms with Crippen molar-refractivity contribution in [2.24, 2.45) is 0 Å². The van der Waals surface area contributed by atoms with Crippen LogP contribution >= 0.6 is 11.8 Å². The van der Waals surface area contributed by atoms with Gasteiger partial charge in [0.25, 0.3) is 0 Å². The first-order chi connectivity index (χ1) is 5.17. The van der Waals surface area contributed by atoms with Crippen LogP contribution in [0.5, 0.6) is 0 Å². The molecule has 1 atom stereocenters. The van der Waals surface area contributed by atoms with Gasteiger partial charge in [-0.3, -0.25) is 0 Å². The molecule has 1 rings (SSSR count). The summed E-state index contributed by atoms with van der Waals surface area (Å²) in [5, 5.41) is 9.73. The molecule has 1 aliphatic rings. The van der Waals surface area contributed by atoms with E-state index in [2.05, 4.69) is 0 Å². The van der Waals surface area contributed by atoms with E-state index in [4.69, 9.17) is 9.47 Å². The van der Waals surface area contributed by atoms with E-state index in [1.807, 2.05) is 6.92 Å². The highest BCUT2D eigenvalue weighted by Crippen LogP contribution is 2.29. The van der Waals surface area contributed by atoms with Crippen molar-refractivity contribution >= 4 is 11.8 Å². The van der Waals surface area contributed by atoms with Crippen LogP contribution in [0.25, 0.3) is 0 Å². The van der Waals surface area contributed by atoms with Gasteiger partial charge in [0.15, 0.2) is 11.2 Å². The van der Waals surface area contributed by atoms with Gasteiger partial charge < -0.3 is 14.6 Å². The number of hydrogen-bond acceptors (Lipinski definition) is 4. The van der Waals surface area contributed by atoms with Gasteiger partial charge in [-0.1, -0.05) is 6.92 Å². The molecular formula is C7H14O3S. The summed E-state index contributed by atoms with van der Waals surface area (Å²) in [5.74, 6) is 0.857. The Labute approximate surface area is 71.1 Å². The quantitative estimate of drug-likeness (QED) is 0.649. The van der Waals surface area contributed by atoms with Gasteiger partial charge in [0, 0.05) is 0 Å². The molecule has 1 unspecified atom stereocenters. The predicted molar refractivity (Wildman–Crippen MR) is 44.4 cm³/mol. The van der Waals surface area contributed by atoms with Crippen molar-refractivity contribution in [1.82, 2.24) is 0 Å². The second-order valence-electron chi connectivity index (χ2n) is 2.56. The summed E-state index contributed by atoms with van der Waals surface area (Å²) < 4.78 is 10.4. The van der Waals surface area contributed by atoms with Crippen molar-refractivity contribution in [3.63, 3.8) is 0 Å². The fourth-order valence-corrected chi connectivity index (χ4v) is 1.88. The fourth-order valence-electron chi connectivity index (χ4n) is 1.03. The molecular weight excluding hydrogens is 164 g/mol. The van der Waals surface area contributed by atoms with Crippen LogP contribution in [-0.2, 0) is 9.47 Å². The Kier molecular flexibility index (Phi) is 3.18. The van der Waals surface area contributed by atoms with Crippen molar-refractivity contribution in [1.29, 1.82) is 0 Å². The molecule has 0 spiro atoms. The zero-order valence-corrected chi connectivity index (χ0v) is 7.69. The van der Waals surface area contributed by atoms with Crippen LogP contribution in [0.15, 0.2) is 0 Å². The van der Waals surface area contributed by atoms with Crippen LogP contribution in [0.4, 0.5) is 0 Å². The smallest absolute Gasteiger partial charge is 0.195 e. The monoisotopic (exact) mass is 178 g/mol. The molecule has 0 amide bonds. The second kappa shape index (κ2) is 3.76. The van der Waals surface area contributed by atoms with E-state index in [9.17, 15) is 5.11 Å². The number of thioether (sulfide) groups is 1. The Morgan fingerprint density at radius 2 is 2.09 bits per heavy atom. The molecule has 4 heteroatoms. The summed E-state index contributed by atoms with van der Waals surface area (Å²) in [4.78, 5) is -0.898. The van der Waals surface area contributed by atoms with Gasteiger partial charge in [0.2, 0.25) is 0 Å². The summed E-state index contributed by atoms with van der Waals surface area (Å²) in [5.41, 5.74) is 0. The van der Waals surface area contributed by atoms with Crippen molar-refractivity contribution in [3.8, 4) is 0 Å². The van der Waals surface area contributed by atoms with Gasteiger partial charge in [-0.05, 0) is 12.7 Å². The Hall–Kier alpha value is 0.230. The van der Waals surface area contributed by atoms with Crippen molar-refractivity contribution in [2.45, 2.75) is 25.1 Å². The first kappa shape index (κ1) is 9.32. The molecule has 1 aliphatic heterocycles. The van der Waals surface area contributed by atoms with Crippen LogP contribution in [0.1, 0.15) is 13.8 Å². The maximum atomic E-state index is 9.73. The SMILES string of the molecule is CCSC(C)(O)C1OCCO1. The Balaban J connectivity index is 2.41. The molecule has 11 heavy (non-hydrogen) atoms. The van der Waals surface area contributed by atoms with Gasteiger partial charge in [-0.25, -0.2) is 0 Å². The van der Waals surface area contributed by atoms with E-state index in [0.29, 0.717) is 13.2 Å². The molecule has 1 heterocycles. The summed E-state index contributed by atoms with van der Waals surface area (Å²) in [6, 6.07) is 0. The number of rotatable bonds is 3. The lowest BCUT2D eigenvalue weighted by atomic mass is 10.4. The fraction of sp³-hybridized carbons (Fsp3) is 1.00. The standard InChI is InChI=1S/C7H14O3S/c1-3-11-7(2,8)6-9-4-5-10-6/h6,8H,3-5H2,1-2H3. The normalized spacial score (nSPS) is 25.4. The van der Waals surface area contributed by atoms with Crippen molar-refractivity contribution < 1.29 is 14.6 Å². The summed E-state index contributed by atoms with van der Waals surface area (Å²) in [6.07, 6.45) is -0.451. The molecule has 0 bridgehead atoms. The first-order valence-electron chi connectivity index (χ1n) is 3.76. The number of aliphatic hydroxyl groups is 1. The molecule has 0 saturated carbocycles. The Bertz CT molecular complexity index is 121. The molecule has 66 valence electrons. The van der Waals surface area contributed by atoms with E-state index >= 15 is 0 Å². The third-order valence-corrected chi connectivity index (χ3v) is 2.56. The minimum atomic E-state index is -0.898. The molecule has 0 aliphatic carbocycles.